The Labute approximate surface area is 161 Å². The fourth-order valence-corrected chi connectivity index (χ4v) is 2.75. The zero-order valence-electron chi connectivity index (χ0n) is 14.6. The van der Waals surface area contributed by atoms with E-state index in [4.69, 9.17) is 10.3 Å². The molecule has 0 aliphatic rings. The van der Waals surface area contributed by atoms with Gasteiger partial charge in [0.2, 0.25) is 5.82 Å². The molecule has 2 heterocycles. The van der Waals surface area contributed by atoms with E-state index in [2.05, 4.69) is 15.2 Å². The van der Waals surface area contributed by atoms with Crippen LogP contribution in [0.1, 0.15) is 5.56 Å². The number of halogens is 3. The summed E-state index contributed by atoms with van der Waals surface area (Å²) in [6.07, 6.45) is 0. The van der Waals surface area contributed by atoms with E-state index in [0.29, 0.717) is 11.1 Å². The van der Waals surface area contributed by atoms with Gasteiger partial charge in [-0.15, -0.1) is 0 Å². The summed E-state index contributed by atoms with van der Waals surface area (Å²) >= 11 is 0. The molecule has 0 saturated carbocycles. The maximum atomic E-state index is 13.5. The molecule has 0 amide bonds. The summed E-state index contributed by atoms with van der Waals surface area (Å²) in [5.74, 6) is -3.96. The van der Waals surface area contributed by atoms with Crippen LogP contribution in [-0.2, 0) is 6.54 Å². The Hall–Kier alpha value is -3.95. The highest BCUT2D eigenvalue weighted by molar-refractivity contribution is 5.59. The number of hydrogen-bond acceptors (Lipinski definition) is 6. The molecule has 2 aromatic heterocycles. The Kier molecular flexibility index (Phi) is 4.59. The van der Waals surface area contributed by atoms with E-state index in [9.17, 15) is 18.0 Å². The van der Waals surface area contributed by atoms with Crippen molar-refractivity contribution in [1.29, 1.82) is 0 Å². The second kappa shape index (κ2) is 7.23. The molecule has 0 saturated heterocycles. The third-order valence-corrected chi connectivity index (χ3v) is 4.11. The van der Waals surface area contributed by atoms with Gasteiger partial charge in [-0.3, -0.25) is 4.79 Å². The lowest BCUT2D eigenvalue weighted by Gasteiger charge is -2.09. The van der Waals surface area contributed by atoms with Gasteiger partial charge in [-0.2, -0.15) is 10.1 Å². The lowest BCUT2D eigenvalue weighted by molar-refractivity contribution is 0.437. The zero-order valence-corrected chi connectivity index (χ0v) is 14.6. The number of rotatable bonds is 4. The van der Waals surface area contributed by atoms with Crippen molar-refractivity contribution in [1.82, 2.24) is 19.9 Å². The van der Waals surface area contributed by atoms with Crippen LogP contribution in [0.2, 0.25) is 0 Å². The van der Waals surface area contributed by atoms with Crippen molar-refractivity contribution in [2.45, 2.75) is 6.54 Å². The molecule has 10 heteroatoms. The summed E-state index contributed by atoms with van der Waals surface area (Å²) in [6.45, 7) is 0.0695. The minimum Gasteiger partial charge on any atom is -0.351 e. The highest BCUT2D eigenvalue weighted by atomic mass is 19.2. The standard InChI is InChI=1S/C19H12F3N5O2/c20-13-7-12(8-14(21)17(13)22)15-4-5-16(28)27(25-15)9-10-2-1-3-11(6-10)18-24-19(23)29-26-18/h1-8H,9H2,(H2,23,24,26). The van der Waals surface area contributed by atoms with Gasteiger partial charge in [-0.25, -0.2) is 17.9 Å². The van der Waals surface area contributed by atoms with E-state index in [1.807, 2.05) is 0 Å². The van der Waals surface area contributed by atoms with Crippen molar-refractivity contribution in [2.24, 2.45) is 0 Å². The van der Waals surface area contributed by atoms with Crippen LogP contribution < -0.4 is 11.3 Å². The van der Waals surface area contributed by atoms with Gasteiger partial charge in [0.15, 0.2) is 17.5 Å². The van der Waals surface area contributed by atoms with Crippen LogP contribution in [0.5, 0.6) is 0 Å². The van der Waals surface area contributed by atoms with Crippen molar-refractivity contribution < 1.29 is 17.7 Å². The first-order valence-corrected chi connectivity index (χ1v) is 8.32. The molecule has 0 radical (unpaired) electrons. The molecule has 0 bridgehead atoms. The molecular weight excluding hydrogens is 387 g/mol. The van der Waals surface area contributed by atoms with E-state index in [0.717, 1.165) is 16.8 Å². The minimum absolute atomic E-state index is 0.00572. The van der Waals surface area contributed by atoms with Crippen LogP contribution in [-0.4, -0.2) is 19.9 Å². The molecule has 0 atom stereocenters. The predicted molar refractivity (Wildman–Crippen MR) is 97.1 cm³/mol. The van der Waals surface area contributed by atoms with Gasteiger partial charge < -0.3 is 10.3 Å². The number of anilines is 1. The van der Waals surface area contributed by atoms with Gasteiger partial charge >= 0.3 is 6.01 Å². The Bertz CT molecular complexity index is 1250. The van der Waals surface area contributed by atoms with E-state index >= 15 is 0 Å². The molecule has 0 fully saturated rings. The van der Waals surface area contributed by atoms with E-state index in [-0.39, 0.29) is 29.6 Å². The Morgan fingerprint density at radius 2 is 1.76 bits per heavy atom. The first kappa shape index (κ1) is 18.4. The number of hydrogen-bond donors (Lipinski definition) is 1. The quantitative estimate of drug-likeness (QED) is 0.530. The van der Waals surface area contributed by atoms with Crippen LogP contribution in [0.15, 0.2) is 57.8 Å². The summed E-state index contributed by atoms with van der Waals surface area (Å²) in [7, 11) is 0. The maximum Gasteiger partial charge on any atom is 0.319 e. The molecule has 4 aromatic rings. The van der Waals surface area contributed by atoms with Crippen molar-refractivity contribution in [3.8, 4) is 22.6 Å². The van der Waals surface area contributed by atoms with Crippen molar-refractivity contribution >= 4 is 6.01 Å². The molecule has 146 valence electrons. The van der Waals surface area contributed by atoms with E-state index < -0.39 is 23.0 Å². The van der Waals surface area contributed by atoms with Gasteiger partial charge in [0, 0.05) is 17.2 Å². The molecule has 2 aromatic carbocycles. The molecular formula is C19H12F3N5O2. The van der Waals surface area contributed by atoms with E-state index in [1.165, 1.54) is 12.1 Å². The molecule has 7 nitrogen and oxygen atoms in total. The van der Waals surface area contributed by atoms with Crippen LogP contribution in [0.4, 0.5) is 19.2 Å². The van der Waals surface area contributed by atoms with Crippen LogP contribution in [0.25, 0.3) is 22.6 Å². The average molecular weight is 399 g/mol. The molecule has 0 aliphatic carbocycles. The summed E-state index contributed by atoms with van der Waals surface area (Å²) in [5, 5.41) is 7.87. The van der Waals surface area contributed by atoms with Crippen molar-refractivity contribution in [3.63, 3.8) is 0 Å². The highest BCUT2D eigenvalue weighted by Gasteiger charge is 2.14. The van der Waals surface area contributed by atoms with Crippen molar-refractivity contribution in [3.05, 3.63) is 81.9 Å². The normalized spacial score (nSPS) is 11.0. The lowest BCUT2D eigenvalue weighted by atomic mass is 10.1. The topological polar surface area (TPSA) is 99.8 Å². The molecule has 29 heavy (non-hydrogen) atoms. The number of nitrogens with zero attached hydrogens (tertiary/aromatic N) is 4. The molecule has 4 rings (SSSR count). The maximum absolute atomic E-state index is 13.5. The number of nitrogen functional groups attached to an aromatic ring is 1. The van der Waals surface area contributed by atoms with Crippen molar-refractivity contribution in [2.75, 3.05) is 5.73 Å². The van der Waals surface area contributed by atoms with Gasteiger partial charge in [0.05, 0.1) is 12.2 Å². The number of nitrogens with two attached hydrogens (primary N) is 1. The predicted octanol–water partition coefficient (Wildman–Crippen LogP) is 3.01. The first-order valence-electron chi connectivity index (χ1n) is 8.32. The highest BCUT2D eigenvalue weighted by Crippen LogP contribution is 2.22. The van der Waals surface area contributed by atoms with Gasteiger partial charge in [-0.1, -0.05) is 23.4 Å². The lowest BCUT2D eigenvalue weighted by Crippen LogP contribution is -2.22. The van der Waals surface area contributed by atoms with Gasteiger partial charge in [0.25, 0.3) is 5.56 Å². The largest absolute Gasteiger partial charge is 0.351 e. The second-order valence-corrected chi connectivity index (χ2v) is 6.12. The first-order chi connectivity index (χ1) is 13.9. The average Bonchev–Trinajstić information content (AvgIpc) is 3.14. The number of benzene rings is 2. The second-order valence-electron chi connectivity index (χ2n) is 6.12. The molecule has 2 N–H and O–H groups in total. The summed E-state index contributed by atoms with van der Waals surface area (Å²) in [4.78, 5) is 16.1. The molecule has 0 spiro atoms. The Balaban J connectivity index is 1.68. The SMILES string of the molecule is Nc1nc(-c2cccc(Cn3nc(-c4cc(F)c(F)c(F)c4)ccc3=O)c2)no1. The molecule has 0 aliphatic heterocycles. The van der Waals surface area contributed by atoms with Gasteiger partial charge in [-0.05, 0) is 29.8 Å². The summed E-state index contributed by atoms with van der Waals surface area (Å²) < 4.78 is 46.1. The van der Waals surface area contributed by atoms with Crippen LogP contribution in [0, 0.1) is 17.5 Å². The third-order valence-electron chi connectivity index (χ3n) is 4.11. The smallest absolute Gasteiger partial charge is 0.319 e. The van der Waals surface area contributed by atoms with Crippen LogP contribution in [0.3, 0.4) is 0 Å². The molecule has 0 unspecified atom stereocenters. The summed E-state index contributed by atoms with van der Waals surface area (Å²) in [6, 6.07) is 11.0. The summed E-state index contributed by atoms with van der Waals surface area (Å²) in [5.41, 5.74) is 6.43. The monoisotopic (exact) mass is 399 g/mol. The fourth-order valence-electron chi connectivity index (χ4n) is 2.75. The minimum atomic E-state index is -1.57. The Morgan fingerprint density at radius 3 is 2.45 bits per heavy atom. The van der Waals surface area contributed by atoms with Gasteiger partial charge in [0.1, 0.15) is 0 Å². The Morgan fingerprint density at radius 1 is 1.00 bits per heavy atom. The van der Waals surface area contributed by atoms with E-state index in [1.54, 1.807) is 24.3 Å². The third kappa shape index (κ3) is 3.72. The number of aromatic nitrogens is 4. The fraction of sp³-hybridized carbons (Fsp3) is 0.0526. The van der Waals surface area contributed by atoms with Crippen LogP contribution >= 0.6 is 0 Å². The zero-order chi connectivity index (χ0) is 20.5.